The van der Waals surface area contributed by atoms with Crippen molar-refractivity contribution in [1.29, 1.82) is 0 Å². The molecule has 0 aliphatic carbocycles. The van der Waals surface area contributed by atoms with E-state index in [2.05, 4.69) is 12.2 Å². The van der Waals surface area contributed by atoms with Gasteiger partial charge >= 0.3 is 5.97 Å². The molecular formula is C22H41NO4. The van der Waals surface area contributed by atoms with Crippen LogP contribution in [0.25, 0.3) is 0 Å². The fourth-order valence-corrected chi connectivity index (χ4v) is 3.16. The molecule has 27 heavy (non-hydrogen) atoms. The summed E-state index contributed by atoms with van der Waals surface area (Å²) in [5.74, 6) is -0.949. The van der Waals surface area contributed by atoms with Gasteiger partial charge in [0.1, 0.15) is 0 Å². The zero-order valence-electron chi connectivity index (χ0n) is 17.4. The highest BCUT2D eigenvalue weighted by molar-refractivity contribution is 6.01. The van der Waals surface area contributed by atoms with Crippen LogP contribution in [0.3, 0.4) is 0 Å². The number of hydrogen-bond acceptors (Lipinski definition) is 3. The van der Waals surface area contributed by atoms with Gasteiger partial charge in [0.15, 0.2) is 0 Å². The molecule has 1 rings (SSSR count). The van der Waals surface area contributed by atoms with Crippen LogP contribution in [0.4, 0.5) is 0 Å². The Morgan fingerprint density at radius 1 is 0.704 bits per heavy atom. The smallest absolute Gasteiger partial charge is 0.303 e. The lowest BCUT2D eigenvalue weighted by Crippen LogP contribution is -2.18. The summed E-state index contributed by atoms with van der Waals surface area (Å²) in [6.07, 6.45) is 20.9. The Balaban J connectivity index is 0.000000797. The molecule has 0 aromatic carbocycles. The van der Waals surface area contributed by atoms with Crippen molar-refractivity contribution in [1.82, 2.24) is 5.32 Å². The molecule has 1 aliphatic rings. The first-order chi connectivity index (χ1) is 13.1. The van der Waals surface area contributed by atoms with Crippen molar-refractivity contribution < 1.29 is 19.5 Å². The van der Waals surface area contributed by atoms with E-state index < -0.39 is 5.97 Å². The van der Waals surface area contributed by atoms with E-state index in [4.69, 9.17) is 5.11 Å². The lowest BCUT2D eigenvalue weighted by Gasteiger charge is -2.03. The maximum atomic E-state index is 10.3. The topological polar surface area (TPSA) is 83.5 Å². The van der Waals surface area contributed by atoms with Crippen LogP contribution in [0.2, 0.25) is 0 Å². The van der Waals surface area contributed by atoms with Gasteiger partial charge in [0.2, 0.25) is 11.8 Å². The molecule has 0 atom stereocenters. The molecule has 1 fully saturated rings. The molecule has 5 heteroatoms. The highest BCUT2D eigenvalue weighted by atomic mass is 16.4. The van der Waals surface area contributed by atoms with E-state index in [1.165, 1.54) is 83.5 Å². The Kier molecular flexibility index (Phi) is 18.4. The number of carboxylic acid groups (broad SMARTS) is 1. The van der Waals surface area contributed by atoms with Gasteiger partial charge in [0.25, 0.3) is 0 Å². The molecule has 0 radical (unpaired) electrons. The number of carboxylic acids is 1. The van der Waals surface area contributed by atoms with E-state index in [1.807, 2.05) is 0 Å². The summed E-state index contributed by atoms with van der Waals surface area (Å²) in [5, 5.41) is 10.7. The number of carbonyl (C=O) groups is 3. The molecule has 0 saturated carbocycles. The van der Waals surface area contributed by atoms with Gasteiger partial charge in [-0.3, -0.25) is 19.7 Å². The molecule has 2 N–H and O–H groups in total. The lowest BCUT2D eigenvalue weighted by molar-refractivity contribution is -0.137. The molecule has 0 aromatic heterocycles. The molecule has 0 unspecified atom stereocenters. The SMILES string of the molecule is CCCCCCCCCCCCCCCCCC(=O)O.O=C1CCC(=O)N1. The highest BCUT2D eigenvalue weighted by Crippen LogP contribution is 2.13. The fraction of sp³-hybridized carbons (Fsp3) is 0.864. The third-order valence-electron chi connectivity index (χ3n) is 4.85. The second-order valence-corrected chi connectivity index (χ2v) is 7.56. The summed E-state index contributed by atoms with van der Waals surface area (Å²) >= 11 is 0. The molecule has 0 spiro atoms. The van der Waals surface area contributed by atoms with Crippen molar-refractivity contribution in [2.24, 2.45) is 0 Å². The molecule has 2 amide bonds. The minimum absolute atomic E-state index is 0.148. The van der Waals surface area contributed by atoms with Crippen molar-refractivity contribution in [3.8, 4) is 0 Å². The Morgan fingerprint density at radius 2 is 1.04 bits per heavy atom. The fourth-order valence-electron chi connectivity index (χ4n) is 3.16. The van der Waals surface area contributed by atoms with Gasteiger partial charge in [-0.1, -0.05) is 96.8 Å². The van der Waals surface area contributed by atoms with Crippen LogP contribution >= 0.6 is 0 Å². The third-order valence-corrected chi connectivity index (χ3v) is 4.85. The number of nitrogens with one attached hydrogen (secondary N) is 1. The van der Waals surface area contributed by atoms with Crippen LogP contribution in [0.5, 0.6) is 0 Å². The van der Waals surface area contributed by atoms with Gasteiger partial charge in [0, 0.05) is 19.3 Å². The normalized spacial score (nSPS) is 13.2. The Hall–Kier alpha value is -1.39. The third kappa shape index (κ3) is 20.8. The zero-order valence-corrected chi connectivity index (χ0v) is 17.4. The average molecular weight is 384 g/mol. The Labute approximate surface area is 165 Å². The Bertz CT molecular complexity index is 382. The maximum Gasteiger partial charge on any atom is 0.303 e. The quantitative estimate of drug-likeness (QED) is 0.262. The van der Waals surface area contributed by atoms with Crippen molar-refractivity contribution >= 4 is 17.8 Å². The summed E-state index contributed by atoms with van der Waals surface area (Å²) in [4.78, 5) is 30.6. The van der Waals surface area contributed by atoms with Gasteiger partial charge in [-0.2, -0.15) is 0 Å². The van der Waals surface area contributed by atoms with Crippen molar-refractivity contribution in [2.45, 2.75) is 122 Å². The number of unbranched alkanes of at least 4 members (excludes halogenated alkanes) is 14. The van der Waals surface area contributed by atoms with E-state index >= 15 is 0 Å². The van der Waals surface area contributed by atoms with Crippen molar-refractivity contribution in [2.75, 3.05) is 0 Å². The standard InChI is InChI=1S/C18H36O2.C4H5NO2/c1-2-3-4-5-6-7-8-9-10-11-12-13-14-15-16-17-18(19)20;6-3-1-2-4(7)5-3/h2-17H2,1H3,(H,19,20);1-2H2,(H,5,6,7). The van der Waals surface area contributed by atoms with Crippen LogP contribution in [0.1, 0.15) is 122 Å². The summed E-state index contributed by atoms with van der Waals surface area (Å²) in [7, 11) is 0. The van der Waals surface area contributed by atoms with Gasteiger partial charge in [-0.15, -0.1) is 0 Å². The van der Waals surface area contributed by atoms with E-state index in [-0.39, 0.29) is 11.8 Å². The summed E-state index contributed by atoms with van der Waals surface area (Å²) in [5.41, 5.74) is 0. The first-order valence-corrected chi connectivity index (χ1v) is 11.1. The van der Waals surface area contributed by atoms with Crippen LogP contribution in [0.15, 0.2) is 0 Å². The second-order valence-electron chi connectivity index (χ2n) is 7.56. The molecule has 0 bridgehead atoms. The largest absolute Gasteiger partial charge is 0.481 e. The van der Waals surface area contributed by atoms with Crippen molar-refractivity contribution in [3.05, 3.63) is 0 Å². The number of hydrogen-bond donors (Lipinski definition) is 2. The molecule has 5 nitrogen and oxygen atoms in total. The molecule has 0 aromatic rings. The van der Waals surface area contributed by atoms with Crippen LogP contribution in [0, 0.1) is 0 Å². The van der Waals surface area contributed by atoms with E-state index in [1.54, 1.807) is 0 Å². The molecule has 1 aliphatic heterocycles. The van der Waals surface area contributed by atoms with Crippen molar-refractivity contribution in [3.63, 3.8) is 0 Å². The first kappa shape index (κ1) is 25.6. The van der Waals surface area contributed by atoms with Crippen LogP contribution in [-0.2, 0) is 14.4 Å². The molecule has 1 saturated heterocycles. The first-order valence-electron chi connectivity index (χ1n) is 11.1. The highest BCUT2D eigenvalue weighted by Gasteiger charge is 2.15. The summed E-state index contributed by atoms with van der Waals surface area (Å²) in [6.45, 7) is 2.27. The van der Waals surface area contributed by atoms with Crippen LogP contribution < -0.4 is 5.32 Å². The Morgan fingerprint density at radius 3 is 1.30 bits per heavy atom. The maximum absolute atomic E-state index is 10.3. The van der Waals surface area contributed by atoms with E-state index in [9.17, 15) is 14.4 Å². The average Bonchev–Trinajstić information content (AvgIpc) is 3.01. The van der Waals surface area contributed by atoms with Gasteiger partial charge < -0.3 is 5.11 Å². The zero-order chi connectivity index (χ0) is 20.2. The second kappa shape index (κ2) is 19.4. The molecule has 158 valence electrons. The van der Waals surface area contributed by atoms with E-state index in [0.29, 0.717) is 19.3 Å². The van der Waals surface area contributed by atoms with Gasteiger partial charge in [0.05, 0.1) is 0 Å². The number of carbonyl (C=O) groups excluding carboxylic acids is 2. The van der Waals surface area contributed by atoms with Crippen LogP contribution in [-0.4, -0.2) is 22.9 Å². The number of imide groups is 1. The van der Waals surface area contributed by atoms with E-state index in [0.717, 1.165) is 12.8 Å². The molecular weight excluding hydrogens is 342 g/mol. The number of rotatable bonds is 16. The minimum Gasteiger partial charge on any atom is -0.481 e. The predicted octanol–water partition coefficient (Wildman–Crippen LogP) is 5.76. The summed E-state index contributed by atoms with van der Waals surface area (Å²) in [6, 6.07) is 0. The summed E-state index contributed by atoms with van der Waals surface area (Å²) < 4.78 is 0. The van der Waals surface area contributed by atoms with Gasteiger partial charge in [-0.25, -0.2) is 0 Å². The number of aliphatic carboxylic acids is 1. The molecule has 1 heterocycles. The predicted molar refractivity (Wildman–Crippen MR) is 110 cm³/mol. The minimum atomic E-state index is -0.653. The monoisotopic (exact) mass is 383 g/mol. The lowest BCUT2D eigenvalue weighted by atomic mass is 10.0. The van der Waals surface area contributed by atoms with Gasteiger partial charge in [-0.05, 0) is 6.42 Å². The number of amides is 2.